The van der Waals surface area contributed by atoms with Crippen molar-refractivity contribution in [3.05, 3.63) is 33.6 Å². The molecule has 0 spiro atoms. The second kappa shape index (κ2) is 4.58. The van der Waals surface area contributed by atoms with Crippen LogP contribution in [0.3, 0.4) is 0 Å². The van der Waals surface area contributed by atoms with Crippen molar-refractivity contribution in [2.45, 2.75) is 6.92 Å². The molecule has 1 rings (SSSR count). The Bertz CT molecular complexity index is 421. The third-order valence-electron chi connectivity index (χ3n) is 1.56. The minimum atomic E-state index is -0.478. The van der Waals surface area contributed by atoms with E-state index in [2.05, 4.69) is 16.8 Å². The Morgan fingerprint density at radius 2 is 2.43 bits per heavy atom. The topological polar surface area (TPSA) is 56.0 Å². The minimum Gasteiger partial charge on any atom is -0.258 e. The Kier molecular flexibility index (Phi) is 3.43. The summed E-state index contributed by atoms with van der Waals surface area (Å²) in [7, 11) is 0. The molecule has 1 heterocycles. The molecule has 0 fully saturated rings. The number of hydrogen-bond donors (Lipinski definition) is 0. The average molecular weight is 211 g/mol. The fourth-order valence-corrected chi connectivity index (χ4v) is 0.977. The Morgan fingerprint density at radius 1 is 1.71 bits per heavy atom. The molecule has 0 aliphatic heterocycles. The number of nitro groups is 1. The van der Waals surface area contributed by atoms with Gasteiger partial charge in [-0.2, -0.15) is 0 Å². The highest BCUT2D eigenvalue weighted by Gasteiger charge is 2.11. The lowest BCUT2D eigenvalue weighted by molar-refractivity contribution is -0.385. The van der Waals surface area contributed by atoms with Gasteiger partial charge in [0.25, 0.3) is 5.69 Å². The monoisotopic (exact) mass is 210 g/mol. The second-order valence-electron chi connectivity index (χ2n) is 2.52. The lowest BCUT2D eigenvalue weighted by Crippen LogP contribution is -1.94. The molecule has 0 bridgehead atoms. The summed E-state index contributed by atoms with van der Waals surface area (Å²) in [6.45, 7) is 1.58. The zero-order chi connectivity index (χ0) is 10.6. The smallest absolute Gasteiger partial charge is 0.258 e. The van der Waals surface area contributed by atoms with Crippen LogP contribution in [0.1, 0.15) is 11.3 Å². The van der Waals surface area contributed by atoms with E-state index < -0.39 is 4.92 Å². The largest absolute Gasteiger partial charge is 0.291 e. The van der Waals surface area contributed by atoms with E-state index in [9.17, 15) is 10.1 Å². The Balaban J connectivity index is 3.13. The van der Waals surface area contributed by atoms with Gasteiger partial charge in [0.05, 0.1) is 10.8 Å². The number of aryl methyl sites for hydroxylation is 1. The van der Waals surface area contributed by atoms with Crippen molar-refractivity contribution < 1.29 is 4.92 Å². The van der Waals surface area contributed by atoms with Crippen molar-refractivity contribution in [1.82, 2.24) is 4.98 Å². The summed E-state index contributed by atoms with van der Waals surface area (Å²) in [6.07, 6.45) is 1.49. The van der Waals surface area contributed by atoms with Gasteiger partial charge in [-0.1, -0.05) is 11.8 Å². The number of rotatable bonds is 1. The van der Waals surface area contributed by atoms with Crippen LogP contribution < -0.4 is 0 Å². The van der Waals surface area contributed by atoms with Crippen LogP contribution >= 0.6 is 11.6 Å². The molecule has 0 N–H and O–H groups in total. The van der Waals surface area contributed by atoms with Crippen molar-refractivity contribution in [2.75, 3.05) is 5.88 Å². The van der Waals surface area contributed by atoms with Gasteiger partial charge in [-0.3, -0.25) is 15.1 Å². The highest BCUT2D eigenvalue weighted by molar-refractivity contribution is 6.19. The van der Waals surface area contributed by atoms with E-state index in [0.29, 0.717) is 11.3 Å². The van der Waals surface area contributed by atoms with Gasteiger partial charge in [-0.05, 0) is 6.92 Å². The molecule has 72 valence electrons. The maximum atomic E-state index is 10.5. The summed E-state index contributed by atoms with van der Waals surface area (Å²) in [5.74, 6) is 5.47. The van der Waals surface area contributed by atoms with Crippen LogP contribution in [-0.2, 0) is 0 Å². The lowest BCUT2D eigenvalue weighted by Gasteiger charge is -1.95. The highest BCUT2D eigenvalue weighted by Crippen LogP contribution is 2.15. The first-order chi connectivity index (χ1) is 6.65. The molecule has 0 saturated carbocycles. The molecule has 0 saturated heterocycles. The molecular formula is C9H7ClN2O2. The first-order valence-corrected chi connectivity index (χ1v) is 4.34. The fourth-order valence-electron chi connectivity index (χ4n) is 0.910. The summed E-state index contributed by atoms with van der Waals surface area (Å²) in [5, 5.41) is 10.5. The van der Waals surface area contributed by atoms with E-state index >= 15 is 0 Å². The van der Waals surface area contributed by atoms with Crippen LogP contribution in [0.4, 0.5) is 5.69 Å². The number of aromatic nitrogens is 1. The molecule has 0 aliphatic carbocycles. The molecule has 0 radical (unpaired) electrons. The molecule has 0 unspecified atom stereocenters. The van der Waals surface area contributed by atoms with Gasteiger partial charge in [0.1, 0.15) is 5.69 Å². The van der Waals surface area contributed by atoms with Crippen molar-refractivity contribution in [3.63, 3.8) is 0 Å². The van der Waals surface area contributed by atoms with E-state index in [1.807, 2.05) is 0 Å². The standard InChI is InChI=1S/C9H7ClN2O2/c1-7-9(12(13)14)5-8(6-11-7)3-2-4-10/h5-6H,4H2,1H3. The van der Waals surface area contributed by atoms with Crippen LogP contribution in [0, 0.1) is 28.9 Å². The maximum absolute atomic E-state index is 10.5. The zero-order valence-corrected chi connectivity index (χ0v) is 8.21. The third-order valence-corrected chi connectivity index (χ3v) is 1.69. The zero-order valence-electron chi connectivity index (χ0n) is 7.45. The molecule has 1 aromatic heterocycles. The van der Waals surface area contributed by atoms with Crippen LogP contribution in [0.2, 0.25) is 0 Å². The van der Waals surface area contributed by atoms with Gasteiger partial charge < -0.3 is 0 Å². The van der Waals surface area contributed by atoms with Gasteiger partial charge in [0, 0.05) is 17.8 Å². The lowest BCUT2D eigenvalue weighted by atomic mass is 10.2. The molecule has 1 aromatic rings. The fraction of sp³-hybridized carbons (Fsp3) is 0.222. The Morgan fingerprint density at radius 3 is 3.00 bits per heavy atom. The summed E-state index contributed by atoms with van der Waals surface area (Å²) in [4.78, 5) is 13.9. The predicted octanol–water partition coefficient (Wildman–Crippen LogP) is 1.89. The van der Waals surface area contributed by atoms with Crippen molar-refractivity contribution >= 4 is 17.3 Å². The maximum Gasteiger partial charge on any atom is 0.291 e. The van der Waals surface area contributed by atoms with Crippen molar-refractivity contribution in [1.29, 1.82) is 0 Å². The molecule has 4 nitrogen and oxygen atoms in total. The van der Waals surface area contributed by atoms with Crippen LogP contribution in [0.25, 0.3) is 0 Å². The Hall–Kier alpha value is -1.60. The number of pyridine rings is 1. The summed E-state index contributed by atoms with van der Waals surface area (Å²) < 4.78 is 0. The van der Waals surface area contributed by atoms with Crippen molar-refractivity contribution in [2.24, 2.45) is 0 Å². The first kappa shape index (κ1) is 10.5. The summed E-state index contributed by atoms with van der Waals surface area (Å²) >= 11 is 5.36. The number of alkyl halides is 1. The van der Waals surface area contributed by atoms with Gasteiger partial charge in [-0.25, -0.2) is 0 Å². The molecule has 0 atom stereocenters. The van der Waals surface area contributed by atoms with Gasteiger partial charge in [0.2, 0.25) is 0 Å². The normalized spacial score (nSPS) is 9.00. The molecule has 0 amide bonds. The minimum absolute atomic E-state index is 0.0219. The molecule has 0 aromatic carbocycles. The van der Waals surface area contributed by atoms with Gasteiger partial charge in [0.15, 0.2) is 0 Å². The van der Waals surface area contributed by atoms with E-state index in [-0.39, 0.29) is 11.6 Å². The summed E-state index contributed by atoms with van der Waals surface area (Å²) in [6, 6.07) is 1.39. The van der Waals surface area contributed by atoms with Gasteiger partial charge >= 0.3 is 0 Å². The Labute approximate surface area is 86.1 Å². The quantitative estimate of drug-likeness (QED) is 0.308. The second-order valence-corrected chi connectivity index (χ2v) is 2.79. The third kappa shape index (κ3) is 2.44. The van der Waals surface area contributed by atoms with E-state index in [1.54, 1.807) is 6.92 Å². The van der Waals surface area contributed by atoms with E-state index in [0.717, 1.165) is 0 Å². The van der Waals surface area contributed by atoms with E-state index in [1.165, 1.54) is 12.3 Å². The first-order valence-electron chi connectivity index (χ1n) is 3.81. The molecule has 5 heteroatoms. The summed E-state index contributed by atoms with van der Waals surface area (Å²) in [5.41, 5.74) is 0.862. The number of halogens is 1. The molecular weight excluding hydrogens is 204 g/mol. The van der Waals surface area contributed by atoms with Crippen LogP contribution in [0.15, 0.2) is 12.3 Å². The number of nitrogens with zero attached hydrogens (tertiary/aromatic N) is 2. The predicted molar refractivity (Wildman–Crippen MR) is 53.2 cm³/mol. The van der Waals surface area contributed by atoms with Gasteiger partial charge in [-0.15, -0.1) is 11.6 Å². The molecule has 14 heavy (non-hydrogen) atoms. The van der Waals surface area contributed by atoms with Crippen LogP contribution in [0.5, 0.6) is 0 Å². The molecule has 0 aliphatic rings. The van der Waals surface area contributed by atoms with Crippen LogP contribution in [-0.4, -0.2) is 15.8 Å². The van der Waals surface area contributed by atoms with Crippen molar-refractivity contribution in [3.8, 4) is 11.8 Å². The number of hydrogen-bond acceptors (Lipinski definition) is 3. The SMILES string of the molecule is Cc1ncc(C#CCCl)cc1[N+](=O)[O-]. The highest BCUT2D eigenvalue weighted by atomic mass is 35.5. The van der Waals surface area contributed by atoms with E-state index in [4.69, 9.17) is 11.6 Å². The average Bonchev–Trinajstić information content (AvgIpc) is 2.16.